The second kappa shape index (κ2) is 10.7. The first-order valence-electron chi connectivity index (χ1n) is 7.40. The average Bonchev–Trinajstić information content (AvgIpc) is 2.48. The van der Waals surface area contributed by atoms with E-state index in [9.17, 15) is 4.79 Å². The molecular weight excluding hydrogens is 284 g/mol. The highest BCUT2D eigenvalue weighted by Gasteiger charge is 2.13. The Bertz CT molecular complexity index is 426. The number of nitrogens with one attached hydrogen (secondary N) is 2. The molecule has 2 N–H and O–H groups in total. The molecule has 0 saturated carbocycles. The Morgan fingerprint density at radius 3 is 2.90 bits per heavy atom. The fourth-order valence-electron chi connectivity index (χ4n) is 1.82. The van der Waals surface area contributed by atoms with Crippen molar-refractivity contribution in [1.29, 1.82) is 0 Å². The van der Waals surface area contributed by atoms with Crippen molar-refractivity contribution < 1.29 is 9.53 Å². The molecule has 21 heavy (non-hydrogen) atoms. The highest BCUT2D eigenvalue weighted by molar-refractivity contribution is 8.00. The topological polar surface area (TPSA) is 50.4 Å². The molecule has 0 aliphatic heterocycles. The molecule has 1 atom stereocenters. The molecule has 0 fully saturated rings. The van der Waals surface area contributed by atoms with Crippen molar-refractivity contribution in [2.75, 3.05) is 26.8 Å². The summed E-state index contributed by atoms with van der Waals surface area (Å²) in [5.41, 5.74) is 1.25. The molecule has 0 spiro atoms. The van der Waals surface area contributed by atoms with Crippen LogP contribution in [-0.2, 0) is 16.1 Å². The van der Waals surface area contributed by atoms with Crippen molar-refractivity contribution in [3.05, 3.63) is 29.8 Å². The maximum absolute atomic E-state index is 11.9. The number of thioether (sulfide) groups is 1. The lowest BCUT2D eigenvalue weighted by molar-refractivity contribution is -0.120. The maximum Gasteiger partial charge on any atom is 0.233 e. The van der Waals surface area contributed by atoms with Gasteiger partial charge in [-0.15, -0.1) is 11.8 Å². The van der Waals surface area contributed by atoms with Gasteiger partial charge in [-0.1, -0.05) is 19.1 Å². The van der Waals surface area contributed by atoms with Gasteiger partial charge in [0.25, 0.3) is 0 Å². The maximum atomic E-state index is 11.9. The number of benzene rings is 1. The van der Waals surface area contributed by atoms with Gasteiger partial charge in [0.05, 0.1) is 11.9 Å². The van der Waals surface area contributed by atoms with Gasteiger partial charge < -0.3 is 15.4 Å². The van der Waals surface area contributed by atoms with Crippen LogP contribution in [0, 0.1) is 0 Å². The molecule has 0 aliphatic carbocycles. The van der Waals surface area contributed by atoms with Gasteiger partial charge in [-0.25, -0.2) is 0 Å². The summed E-state index contributed by atoms with van der Waals surface area (Å²) in [7, 11) is 1.63. The predicted molar refractivity (Wildman–Crippen MR) is 88.6 cm³/mol. The lowest BCUT2D eigenvalue weighted by Crippen LogP contribution is -2.33. The monoisotopic (exact) mass is 310 g/mol. The predicted octanol–water partition coefficient (Wildman–Crippen LogP) is 2.43. The fourth-order valence-corrected chi connectivity index (χ4v) is 2.79. The number of carbonyl (C=O) groups excluding carboxylic acids is 1. The van der Waals surface area contributed by atoms with E-state index in [-0.39, 0.29) is 11.2 Å². The second-order valence-electron chi connectivity index (χ2n) is 4.87. The molecule has 0 aliphatic rings. The van der Waals surface area contributed by atoms with Crippen LogP contribution in [0.15, 0.2) is 29.2 Å². The molecule has 1 amide bonds. The summed E-state index contributed by atoms with van der Waals surface area (Å²) in [6.07, 6.45) is 1.13. The van der Waals surface area contributed by atoms with Crippen molar-refractivity contribution >= 4 is 17.7 Å². The van der Waals surface area contributed by atoms with Gasteiger partial charge >= 0.3 is 0 Å². The van der Waals surface area contributed by atoms with Gasteiger partial charge in [0, 0.05) is 25.1 Å². The Morgan fingerprint density at radius 1 is 1.38 bits per heavy atom. The van der Waals surface area contributed by atoms with E-state index in [2.05, 4.69) is 29.7 Å². The Hall–Kier alpha value is -1.04. The van der Waals surface area contributed by atoms with Gasteiger partial charge in [-0.2, -0.15) is 0 Å². The van der Waals surface area contributed by atoms with Crippen molar-refractivity contribution in [2.45, 2.75) is 37.0 Å². The van der Waals surface area contributed by atoms with E-state index in [4.69, 9.17) is 4.74 Å². The Balaban J connectivity index is 2.45. The zero-order valence-corrected chi connectivity index (χ0v) is 14.0. The molecule has 1 aromatic carbocycles. The molecule has 0 radical (unpaired) electrons. The number of ether oxygens (including phenoxy) is 1. The Morgan fingerprint density at radius 2 is 2.19 bits per heavy atom. The number of amides is 1. The van der Waals surface area contributed by atoms with Crippen LogP contribution in [0.1, 0.15) is 25.8 Å². The summed E-state index contributed by atoms with van der Waals surface area (Å²) in [6.45, 7) is 7.08. The zero-order chi connectivity index (χ0) is 15.5. The van der Waals surface area contributed by atoms with Crippen LogP contribution in [0.25, 0.3) is 0 Å². The van der Waals surface area contributed by atoms with E-state index in [1.54, 1.807) is 18.9 Å². The lowest BCUT2D eigenvalue weighted by Gasteiger charge is -2.12. The normalized spacial score (nSPS) is 12.1. The summed E-state index contributed by atoms with van der Waals surface area (Å²) in [4.78, 5) is 13.0. The summed E-state index contributed by atoms with van der Waals surface area (Å²) < 4.78 is 4.92. The third-order valence-corrected chi connectivity index (χ3v) is 4.04. The molecule has 0 aromatic heterocycles. The van der Waals surface area contributed by atoms with Crippen molar-refractivity contribution in [1.82, 2.24) is 10.6 Å². The van der Waals surface area contributed by atoms with E-state index in [1.165, 1.54) is 5.56 Å². The van der Waals surface area contributed by atoms with Gasteiger partial charge in [-0.3, -0.25) is 4.79 Å². The molecule has 5 heteroatoms. The van der Waals surface area contributed by atoms with E-state index in [0.29, 0.717) is 13.2 Å². The van der Waals surface area contributed by atoms with Crippen molar-refractivity contribution in [3.63, 3.8) is 0 Å². The first kappa shape index (κ1) is 18.0. The van der Waals surface area contributed by atoms with E-state index < -0.39 is 0 Å². The van der Waals surface area contributed by atoms with Gasteiger partial charge in [0.2, 0.25) is 5.91 Å². The highest BCUT2D eigenvalue weighted by Crippen LogP contribution is 2.24. The van der Waals surface area contributed by atoms with Crippen LogP contribution >= 0.6 is 11.8 Å². The third-order valence-electron chi connectivity index (χ3n) is 2.94. The van der Waals surface area contributed by atoms with Gasteiger partial charge in [0.15, 0.2) is 0 Å². The molecule has 0 saturated heterocycles. The highest BCUT2D eigenvalue weighted by atomic mass is 32.2. The third kappa shape index (κ3) is 7.50. The second-order valence-corrected chi connectivity index (χ2v) is 6.28. The fraction of sp³-hybridized carbons (Fsp3) is 0.562. The quantitative estimate of drug-likeness (QED) is 0.515. The molecule has 4 nitrogen and oxygen atoms in total. The number of rotatable bonds is 10. The minimum atomic E-state index is -0.110. The number of carbonyl (C=O) groups is 1. The number of hydrogen-bond donors (Lipinski definition) is 2. The minimum Gasteiger partial charge on any atom is -0.383 e. The first-order valence-corrected chi connectivity index (χ1v) is 8.28. The van der Waals surface area contributed by atoms with Crippen LogP contribution in [0.3, 0.4) is 0 Å². The van der Waals surface area contributed by atoms with Gasteiger partial charge in [-0.05, 0) is 37.6 Å². The van der Waals surface area contributed by atoms with Crippen molar-refractivity contribution in [3.8, 4) is 0 Å². The molecule has 1 aromatic rings. The summed E-state index contributed by atoms with van der Waals surface area (Å²) in [5.74, 6) is 0.0477. The van der Waals surface area contributed by atoms with Gasteiger partial charge in [0.1, 0.15) is 0 Å². The zero-order valence-electron chi connectivity index (χ0n) is 13.1. The average molecular weight is 310 g/mol. The Labute approximate surface area is 132 Å². The summed E-state index contributed by atoms with van der Waals surface area (Å²) >= 11 is 1.58. The SMILES string of the molecule is CCCNCc1cccc(SC(C)C(=O)NCCOC)c1. The molecule has 0 bridgehead atoms. The van der Waals surface area contributed by atoms with E-state index in [1.807, 2.05) is 19.1 Å². The van der Waals surface area contributed by atoms with Crippen LogP contribution in [0.5, 0.6) is 0 Å². The van der Waals surface area contributed by atoms with Crippen LogP contribution in [-0.4, -0.2) is 38.0 Å². The smallest absolute Gasteiger partial charge is 0.233 e. The molecule has 1 unspecified atom stereocenters. The van der Waals surface area contributed by atoms with Crippen LogP contribution in [0.4, 0.5) is 0 Å². The largest absolute Gasteiger partial charge is 0.383 e. The van der Waals surface area contributed by atoms with Crippen molar-refractivity contribution in [2.24, 2.45) is 0 Å². The Kier molecular flexibility index (Phi) is 9.14. The van der Waals surface area contributed by atoms with E-state index in [0.717, 1.165) is 24.4 Å². The minimum absolute atomic E-state index is 0.0477. The molecule has 0 heterocycles. The first-order chi connectivity index (χ1) is 10.2. The summed E-state index contributed by atoms with van der Waals surface area (Å²) in [6, 6.07) is 8.34. The van der Waals surface area contributed by atoms with Crippen LogP contribution in [0.2, 0.25) is 0 Å². The lowest BCUT2D eigenvalue weighted by atomic mass is 10.2. The number of hydrogen-bond acceptors (Lipinski definition) is 4. The molecule has 1 rings (SSSR count). The van der Waals surface area contributed by atoms with Crippen LogP contribution < -0.4 is 10.6 Å². The number of methoxy groups -OCH3 is 1. The molecule has 118 valence electrons. The standard InChI is InChI=1S/C16H26N2O2S/c1-4-8-17-12-14-6-5-7-15(11-14)21-13(2)16(19)18-9-10-20-3/h5-7,11,13,17H,4,8-10,12H2,1-3H3,(H,18,19). The van der Waals surface area contributed by atoms with E-state index >= 15 is 0 Å². The molecular formula is C16H26N2O2S. The summed E-state index contributed by atoms with van der Waals surface area (Å²) in [5, 5.41) is 6.14.